The number of carbonyl (C=O) groups excluding carboxylic acids is 1. The largest absolute Gasteiger partial charge is 0.481 e. The monoisotopic (exact) mass is 269 g/mol. The highest BCUT2D eigenvalue weighted by atomic mass is 16.4. The molecule has 4 nitrogen and oxygen atoms in total. The maximum absolute atomic E-state index is 12.1. The Morgan fingerprint density at radius 2 is 1.84 bits per heavy atom. The van der Waals surface area contributed by atoms with Crippen LogP contribution in [0.25, 0.3) is 0 Å². The Morgan fingerprint density at radius 1 is 1.26 bits per heavy atom. The number of carboxylic acid groups (broad SMARTS) is 1. The van der Waals surface area contributed by atoms with Crippen LogP contribution in [-0.4, -0.2) is 22.5 Å². The Hall–Kier alpha value is -1.06. The molecule has 1 atom stereocenters. The van der Waals surface area contributed by atoms with Crippen LogP contribution < -0.4 is 5.32 Å². The van der Waals surface area contributed by atoms with Crippen LogP contribution in [0.4, 0.5) is 0 Å². The Kier molecular flexibility index (Phi) is 5.83. The third-order valence-electron chi connectivity index (χ3n) is 4.42. The summed E-state index contributed by atoms with van der Waals surface area (Å²) >= 11 is 0. The molecule has 0 saturated heterocycles. The van der Waals surface area contributed by atoms with Crippen LogP contribution in [0.3, 0.4) is 0 Å². The van der Waals surface area contributed by atoms with Crippen molar-refractivity contribution in [3.63, 3.8) is 0 Å². The molecule has 0 aromatic carbocycles. The summed E-state index contributed by atoms with van der Waals surface area (Å²) in [7, 11) is 0. The van der Waals surface area contributed by atoms with Gasteiger partial charge in [-0.15, -0.1) is 0 Å². The number of rotatable bonds is 6. The molecule has 2 N–H and O–H groups in total. The zero-order valence-electron chi connectivity index (χ0n) is 12.4. The number of carboxylic acids is 1. The second-order valence-corrected chi connectivity index (χ2v) is 6.40. The fraction of sp³-hybridized carbons (Fsp3) is 0.867. The normalized spacial score (nSPS) is 20.0. The zero-order valence-corrected chi connectivity index (χ0v) is 12.4. The molecule has 0 aromatic rings. The van der Waals surface area contributed by atoms with Gasteiger partial charge in [-0.1, -0.05) is 33.1 Å². The van der Waals surface area contributed by atoms with Crippen LogP contribution >= 0.6 is 0 Å². The molecule has 1 aliphatic rings. The molecule has 1 aliphatic carbocycles. The maximum Gasteiger partial charge on any atom is 0.305 e. The van der Waals surface area contributed by atoms with E-state index < -0.39 is 11.5 Å². The van der Waals surface area contributed by atoms with E-state index >= 15 is 0 Å². The number of hydrogen-bond acceptors (Lipinski definition) is 2. The van der Waals surface area contributed by atoms with Crippen molar-refractivity contribution in [1.82, 2.24) is 5.32 Å². The molecule has 4 heteroatoms. The topological polar surface area (TPSA) is 66.4 Å². The first-order valence-corrected chi connectivity index (χ1v) is 7.36. The number of hydrogen-bond donors (Lipinski definition) is 2. The second-order valence-electron chi connectivity index (χ2n) is 6.40. The SMILES string of the molecule is CC(C)C(C)(CC(=O)O)NC(=O)CC1CCCCC1. The summed E-state index contributed by atoms with van der Waals surface area (Å²) in [5.41, 5.74) is -0.655. The van der Waals surface area contributed by atoms with Crippen LogP contribution in [0.15, 0.2) is 0 Å². The number of nitrogens with one attached hydrogen (secondary N) is 1. The lowest BCUT2D eigenvalue weighted by molar-refractivity contribution is -0.139. The Balaban J connectivity index is 2.53. The lowest BCUT2D eigenvalue weighted by Crippen LogP contribution is -2.51. The number of amides is 1. The highest BCUT2D eigenvalue weighted by Crippen LogP contribution is 2.27. The maximum atomic E-state index is 12.1. The van der Waals surface area contributed by atoms with Gasteiger partial charge in [0.25, 0.3) is 0 Å². The Labute approximate surface area is 116 Å². The van der Waals surface area contributed by atoms with Gasteiger partial charge in [-0.05, 0) is 31.6 Å². The first-order chi connectivity index (χ1) is 8.83. The van der Waals surface area contributed by atoms with Crippen molar-refractivity contribution in [3.8, 4) is 0 Å². The molecule has 0 bridgehead atoms. The number of aliphatic carboxylic acids is 1. The first-order valence-electron chi connectivity index (χ1n) is 7.36. The van der Waals surface area contributed by atoms with Crippen LogP contribution in [0.1, 0.15) is 65.7 Å². The quantitative estimate of drug-likeness (QED) is 0.779. The summed E-state index contributed by atoms with van der Waals surface area (Å²) in [4.78, 5) is 23.0. The van der Waals surface area contributed by atoms with Crippen LogP contribution in [0.5, 0.6) is 0 Å². The molecular weight excluding hydrogens is 242 g/mol. The van der Waals surface area contributed by atoms with Gasteiger partial charge in [0.05, 0.1) is 6.42 Å². The summed E-state index contributed by atoms with van der Waals surface area (Å²) in [5, 5.41) is 11.9. The average molecular weight is 269 g/mol. The molecule has 0 radical (unpaired) electrons. The highest BCUT2D eigenvalue weighted by Gasteiger charge is 2.33. The van der Waals surface area contributed by atoms with Crippen molar-refractivity contribution in [2.45, 2.75) is 71.3 Å². The average Bonchev–Trinajstić information content (AvgIpc) is 2.28. The van der Waals surface area contributed by atoms with Gasteiger partial charge in [0, 0.05) is 12.0 Å². The Bertz CT molecular complexity index is 321. The van der Waals surface area contributed by atoms with Gasteiger partial charge in [0.1, 0.15) is 0 Å². The van der Waals surface area contributed by atoms with Crippen LogP contribution in [0, 0.1) is 11.8 Å². The van der Waals surface area contributed by atoms with Gasteiger partial charge in [-0.3, -0.25) is 9.59 Å². The van der Waals surface area contributed by atoms with E-state index in [0.717, 1.165) is 12.8 Å². The summed E-state index contributed by atoms with van der Waals surface area (Å²) in [6.45, 7) is 5.72. The third kappa shape index (κ3) is 5.21. The molecular formula is C15H27NO3. The molecule has 1 amide bonds. The summed E-state index contributed by atoms with van der Waals surface area (Å²) in [5.74, 6) is -0.285. The van der Waals surface area contributed by atoms with E-state index in [1.165, 1.54) is 19.3 Å². The van der Waals surface area contributed by atoms with E-state index in [-0.39, 0.29) is 18.2 Å². The molecule has 1 saturated carbocycles. The first kappa shape index (κ1) is 16.0. The number of carbonyl (C=O) groups is 2. The van der Waals surface area contributed by atoms with E-state index in [9.17, 15) is 9.59 Å². The van der Waals surface area contributed by atoms with E-state index in [2.05, 4.69) is 5.32 Å². The fourth-order valence-corrected chi connectivity index (χ4v) is 2.73. The van der Waals surface area contributed by atoms with Gasteiger partial charge in [0.15, 0.2) is 0 Å². The standard InChI is InChI=1S/C15H27NO3/c1-11(2)15(3,10-14(18)19)16-13(17)9-12-7-5-4-6-8-12/h11-12H,4-10H2,1-3H3,(H,16,17)(H,18,19). The van der Waals surface area contributed by atoms with Crippen molar-refractivity contribution in [2.75, 3.05) is 0 Å². The van der Waals surface area contributed by atoms with Crippen molar-refractivity contribution < 1.29 is 14.7 Å². The summed E-state index contributed by atoms with van der Waals surface area (Å²) in [6, 6.07) is 0. The summed E-state index contributed by atoms with van der Waals surface area (Å²) in [6.07, 6.45) is 6.49. The van der Waals surface area contributed by atoms with Gasteiger partial charge in [-0.2, -0.15) is 0 Å². The highest BCUT2D eigenvalue weighted by molar-refractivity contribution is 5.78. The minimum Gasteiger partial charge on any atom is -0.481 e. The molecule has 1 fully saturated rings. The van der Waals surface area contributed by atoms with E-state index in [1.807, 2.05) is 20.8 Å². The minimum absolute atomic E-state index is 0.00403. The van der Waals surface area contributed by atoms with Gasteiger partial charge in [-0.25, -0.2) is 0 Å². The smallest absolute Gasteiger partial charge is 0.305 e. The van der Waals surface area contributed by atoms with Gasteiger partial charge < -0.3 is 10.4 Å². The van der Waals surface area contributed by atoms with E-state index in [4.69, 9.17) is 5.11 Å². The van der Waals surface area contributed by atoms with Gasteiger partial charge >= 0.3 is 5.97 Å². The summed E-state index contributed by atoms with van der Waals surface area (Å²) < 4.78 is 0. The van der Waals surface area contributed by atoms with Crippen LogP contribution in [-0.2, 0) is 9.59 Å². The molecule has 19 heavy (non-hydrogen) atoms. The van der Waals surface area contributed by atoms with Crippen LogP contribution in [0.2, 0.25) is 0 Å². The third-order valence-corrected chi connectivity index (χ3v) is 4.42. The molecule has 0 heterocycles. The Morgan fingerprint density at radius 3 is 2.32 bits per heavy atom. The molecule has 110 valence electrons. The van der Waals surface area contributed by atoms with E-state index in [1.54, 1.807) is 0 Å². The lowest BCUT2D eigenvalue weighted by Gasteiger charge is -2.34. The second kappa shape index (κ2) is 6.92. The zero-order chi connectivity index (χ0) is 14.5. The molecule has 1 rings (SSSR count). The molecule has 1 unspecified atom stereocenters. The predicted octanol–water partition coefficient (Wildman–Crippen LogP) is 2.96. The molecule has 0 spiro atoms. The van der Waals surface area contributed by atoms with E-state index in [0.29, 0.717) is 12.3 Å². The predicted molar refractivity (Wildman–Crippen MR) is 74.8 cm³/mol. The van der Waals surface area contributed by atoms with Crippen molar-refractivity contribution >= 4 is 11.9 Å². The van der Waals surface area contributed by atoms with Crippen molar-refractivity contribution in [1.29, 1.82) is 0 Å². The van der Waals surface area contributed by atoms with Crippen molar-refractivity contribution in [2.24, 2.45) is 11.8 Å². The fourth-order valence-electron chi connectivity index (χ4n) is 2.73. The molecule has 0 aromatic heterocycles. The molecule has 0 aliphatic heterocycles. The van der Waals surface area contributed by atoms with Gasteiger partial charge in [0.2, 0.25) is 5.91 Å². The lowest BCUT2D eigenvalue weighted by atomic mass is 9.83. The minimum atomic E-state index is -0.867. The van der Waals surface area contributed by atoms with Crippen molar-refractivity contribution in [3.05, 3.63) is 0 Å².